The van der Waals surface area contributed by atoms with Crippen LogP contribution in [-0.4, -0.2) is 34.9 Å². The number of piperidine rings is 1. The van der Waals surface area contributed by atoms with E-state index < -0.39 is 0 Å². The van der Waals surface area contributed by atoms with Crippen molar-refractivity contribution in [2.24, 2.45) is 5.41 Å². The van der Waals surface area contributed by atoms with E-state index in [2.05, 4.69) is 17.0 Å². The summed E-state index contributed by atoms with van der Waals surface area (Å²) in [5.41, 5.74) is 1.17. The van der Waals surface area contributed by atoms with Crippen LogP contribution in [0.25, 0.3) is 0 Å². The molecule has 0 saturated carbocycles. The number of aliphatic hydroxyl groups is 1. The largest absolute Gasteiger partial charge is 0.396 e. The Labute approximate surface area is 103 Å². The number of aryl methyl sites for hydroxylation is 1. The third-order valence-corrected chi connectivity index (χ3v) is 4.06. The van der Waals surface area contributed by atoms with Gasteiger partial charge >= 0.3 is 0 Å². The van der Waals surface area contributed by atoms with Crippen LogP contribution in [0, 0.1) is 12.3 Å². The summed E-state index contributed by atoms with van der Waals surface area (Å²) < 4.78 is 5.07. The van der Waals surface area contributed by atoms with Crippen LogP contribution in [0.4, 0.5) is 0 Å². The molecule has 0 spiro atoms. The Bertz CT molecular complexity index is 348. The highest BCUT2D eigenvalue weighted by atomic mass is 16.5. The van der Waals surface area contributed by atoms with Gasteiger partial charge in [0.05, 0.1) is 5.69 Å². The molecule has 0 amide bonds. The molecule has 0 atom stereocenters. The summed E-state index contributed by atoms with van der Waals surface area (Å²) in [7, 11) is 0. The molecular weight excluding hydrogens is 216 g/mol. The molecule has 1 aromatic rings. The first-order valence-electron chi connectivity index (χ1n) is 6.43. The van der Waals surface area contributed by atoms with Crippen LogP contribution in [0.5, 0.6) is 0 Å². The van der Waals surface area contributed by atoms with E-state index in [1.807, 2.05) is 13.0 Å². The summed E-state index contributed by atoms with van der Waals surface area (Å²) in [5.74, 6) is 0.871. The fourth-order valence-corrected chi connectivity index (χ4v) is 2.53. The van der Waals surface area contributed by atoms with Gasteiger partial charge in [-0.3, -0.25) is 4.90 Å². The molecule has 0 radical (unpaired) electrons. The molecule has 4 nitrogen and oxygen atoms in total. The fourth-order valence-electron chi connectivity index (χ4n) is 2.53. The van der Waals surface area contributed by atoms with Crippen molar-refractivity contribution < 1.29 is 9.63 Å². The lowest BCUT2D eigenvalue weighted by Gasteiger charge is -2.39. The van der Waals surface area contributed by atoms with Crippen molar-refractivity contribution in [2.75, 3.05) is 19.7 Å². The van der Waals surface area contributed by atoms with E-state index >= 15 is 0 Å². The van der Waals surface area contributed by atoms with Crippen molar-refractivity contribution in [3.63, 3.8) is 0 Å². The molecule has 1 aromatic heterocycles. The Kier molecular flexibility index (Phi) is 3.84. The summed E-state index contributed by atoms with van der Waals surface area (Å²) in [6, 6.07) is 1.99. The lowest BCUT2D eigenvalue weighted by atomic mass is 9.77. The van der Waals surface area contributed by atoms with Crippen LogP contribution in [-0.2, 0) is 6.54 Å². The second kappa shape index (κ2) is 5.19. The van der Waals surface area contributed by atoms with Gasteiger partial charge in [0.25, 0.3) is 0 Å². The van der Waals surface area contributed by atoms with E-state index in [1.165, 1.54) is 0 Å². The number of likely N-dealkylation sites (tertiary alicyclic amines) is 1. The quantitative estimate of drug-likeness (QED) is 0.871. The zero-order valence-electron chi connectivity index (χ0n) is 10.8. The Balaban J connectivity index is 1.87. The highest BCUT2D eigenvalue weighted by molar-refractivity contribution is 5.03. The third-order valence-electron chi connectivity index (χ3n) is 4.06. The standard InChI is InChI=1S/C13H22N2O2/c1-3-13(10-16)4-6-15(7-5-13)9-12-8-11(2)17-14-12/h8,16H,3-7,9-10H2,1-2H3. The average Bonchev–Trinajstić information content (AvgIpc) is 2.76. The maximum atomic E-state index is 9.47. The number of hydrogen-bond donors (Lipinski definition) is 1. The first-order chi connectivity index (χ1) is 8.17. The molecule has 0 bridgehead atoms. The van der Waals surface area contributed by atoms with Crippen molar-refractivity contribution in [1.82, 2.24) is 10.1 Å². The van der Waals surface area contributed by atoms with Gasteiger partial charge in [-0.1, -0.05) is 12.1 Å². The van der Waals surface area contributed by atoms with Crippen molar-refractivity contribution in [3.8, 4) is 0 Å². The predicted molar refractivity (Wildman–Crippen MR) is 65.6 cm³/mol. The maximum absolute atomic E-state index is 9.47. The van der Waals surface area contributed by atoms with E-state index in [4.69, 9.17) is 4.52 Å². The zero-order chi connectivity index (χ0) is 12.3. The van der Waals surface area contributed by atoms with Gasteiger partial charge in [-0.25, -0.2) is 0 Å². The van der Waals surface area contributed by atoms with Gasteiger partial charge in [-0.15, -0.1) is 0 Å². The normalized spacial score (nSPS) is 20.6. The van der Waals surface area contributed by atoms with Gasteiger partial charge in [0.15, 0.2) is 0 Å². The summed E-state index contributed by atoms with van der Waals surface area (Å²) in [6.45, 7) is 7.36. The third kappa shape index (κ3) is 2.87. The van der Waals surface area contributed by atoms with Gasteiger partial charge in [0.1, 0.15) is 5.76 Å². The molecule has 96 valence electrons. The molecule has 4 heteroatoms. The molecule has 1 N–H and O–H groups in total. The summed E-state index contributed by atoms with van der Waals surface area (Å²) in [5, 5.41) is 13.5. The Morgan fingerprint density at radius 3 is 2.65 bits per heavy atom. The second-order valence-corrected chi connectivity index (χ2v) is 5.22. The second-order valence-electron chi connectivity index (χ2n) is 5.22. The summed E-state index contributed by atoms with van der Waals surface area (Å²) in [4.78, 5) is 2.39. The molecule has 0 aliphatic carbocycles. The van der Waals surface area contributed by atoms with Gasteiger partial charge in [0.2, 0.25) is 0 Å². The van der Waals surface area contributed by atoms with Crippen LogP contribution < -0.4 is 0 Å². The lowest BCUT2D eigenvalue weighted by Crippen LogP contribution is -2.41. The SMILES string of the molecule is CCC1(CO)CCN(Cc2cc(C)on2)CC1. The van der Waals surface area contributed by atoms with E-state index in [-0.39, 0.29) is 5.41 Å². The number of rotatable bonds is 4. The van der Waals surface area contributed by atoms with E-state index in [0.717, 1.165) is 50.4 Å². The zero-order valence-corrected chi connectivity index (χ0v) is 10.8. The highest BCUT2D eigenvalue weighted by Crippen LogP contribution is 2.34. The Morgan fingerprint density at radius 2 is 2.18 bits per heavy atom. The molecule has 1 aliphatic rings. The minimum absolute atomic E-state index is 0.163. The molecule has 1 aliphatic heterocycles. The van der Waals surface area contributed by atoms with Gasteiger partial charge in [0, 0.05) is 19.2 Å². The lowest BCUT2D eigenvalue weighted by molar-refractivity contribution is 0.0375. The first-order valence-corrected chi connectivity index (χ1v) is 6.43. The molecule has 2 rings (SSSR count). The molecule has 1 saturated heterocycles. The predicted octanol–water partition coefficient (Wildman–Crippen LogP) is 1.97. The first kappa shape index (κ1) is 12.6. The molecule has 2 heterocycles. The molecule has 0 unspecified atom stereocenters. The number of aliphatic hydroxyl groups excluding tert-OH is 1. The summed E-state index contributed by atoms with van der Waals surface area (Å²) in [6.07, 6.45) is 3.23. The number of hydrogen-bond acceptors (Lipinski definition) is 4. The molecular formula is C13H22N2O2. The van der Waals surface area contributed by atoms with Crippen LogP contribution in [0.1, 0.15) is 37.6 Å². The van der Waals surface area contributed by atoms with Gasteiger partial charge in [-0.05, 0) is 44.7 Å². The van der Waals surface area contributed by atoms with Crippen LogP contribution in [0.15, 0.2) is 10.6 Å². The fraction of sp³-hybridized carbons (Fsp3) is 0.769. The van der Waals surface area contributed by atoms with Gasteiger partial charge in [-0.2, -0.15) is 0 Å². The van der Waals surface area contributed by atoms with Crippen molar-refractivity contribution in [1.29, 1.82) is 0 Å². The van der Waals surface area contributed by atoms with E-state index in [1.54, 1.807) is 0 Å². The molecule has 1 fully saturated rings. The average molecular weight is 238 g/mol. The highest BCUT2D eigenvalue weighted by Gasteiger charge is 2.32. The molecule has 17 heavy (non-hydrogen) atoms. The van der Waals surface area contributed by atoms with Crippen molar-refractivity contribution >= 4 is 0 Å². The Morgan fingerprint density at radius 1 is 1.47 bits per heavy atom. The van der Waals surface area contributed by atoms with Crippen LogP contribution >= 0.6 is 0 Å². The van der Waals surface area contributed by atoms with Crippen molar-refractivity contribution in [2.45, 2.75) is 39.7 Å². The van der Waals surface area contributed by atoms with E-state index in [0.29, 0.717) is 6.61 Å². The van der Waals surface area contributed by atoms with E-state index in [9.17, 15) is 5.11 Å². The minimum atomic E-state index is 0.163. The number of aromatic nitrogens is 1. The summed E-state index contributed by atoms with van der Waals surface area (Å²) >= 11 is 0. The molecule has 0 aromatic carbocycles. The Hall–Kier alpha value is -0.870. The smallest absolute Gasteiger partial charge is 0.133 e. The maximum Gasteiger partial charge on any atom is 0.133 e. The van der Waals surface area contributed by atoms with Crippen molar-refractivity contribution in [3.05, 3.63) is 17.5 Å². The van der Waals surface area contributed by atoms with Gasteiger partial charge < -0.3 is 9.63 Å². The van der Waals surface area contributed by atoms with Crippen LogP contribution in [0.2, 0.25) is 0 Å². The minimum Gasteiger partial charge on any atom is -0.396 e. The number of nitrogens with zero attached hydrogens (tertiary/aromatic N) is 2. The topological polar surface area (TPSA) is 49.5 Å². The van der Waals surface area contributed by atoms with Crippen LogP contribution in [0.3, 0.4) is 0 Å². The monoisotopic (exact) mass is 238 g/mol.